The van der Waals surface area contributed by atoms with Crippen molar-refractivity contribution in [3.63, 3.8) is 0 Å². The molecule has 29 heavy (non-hydrogen) atoms. The number of fused-ring (bicyclic) bond motifs is 1. The summed E-state index contributed by atoms with van der Waals surface area (Å²) in [7, 11) is 0. The lowest BCUT2D eigenvalue weighted by molar-refractivity contribution is 0.204. The second-order valence-corrected chi connectivity index (χ2v) is 7.44. The molecule has 0 bridgehead atoms. The summed E-state index contributed by atoms with van der Waals surface area (Å²) in [6, 6.07) is 11.2. The first-order valence-electron chi connectivity index (χ1n) is 9.72. The highest BCUT2D eigenvalue weighted by Gasteiger charge is 2.23. The Hall–Kier alpha value is -3.39. The number of benzene rings is 1. The van der Waals surface area contributed by atoms with E-state index in [-0.39, 0.29) is 0 Å². The van der Waals surface area contributed by atoms with Gasteiger partial charge in [0.1, 0.15) is 5.75 Å². The third-order valence-corrected chi connectivity index (χ3v) is 5.53. The van der Waals surface area contributed by atoms with Gasteiger partial charge in [-0.05, 0) is 61.7 Å². The van der Waals surface area contributed by atoms with Crippen molar-refractivity contribution in [3.05, 3.63) is 60.0 Å². The number of piperidine rings is 1. The average Bonchev–Trinajstić information content (AvgIpc) is 3.41. The molecule has 1 aliphatic heterocycles. The molecule has 148 valence electrons. The Balaban J connectivity index is 1.34. The Morgan fingerprint density at radius 1 is 1.17 bits per heavy atom. The monoisotopic (exact) mass is 390 g/mol. The maximum atomic E-state index is 9.73. The fourth-order valence-corrected chi connectivity index (χ4v) is 4.00. The van der Waals surface area contributed by atoms with Crippen LogP contribution in [0.2, 0.25) is 0 Å². The van der Waals surface area contributed by atoms with Crippen LogP contribution in [0.25, 0.3) is 17.2 Å². The van der Waals surface area contributed by atoms with E-state index in [1.807, 2.05) is 18.2 Å². The van der Waals surface area contributed by atoms with Crippen LogP contribution in [-0.4, -0.2) is 42.7 Å². The smallest absolute Gasteiger partial charge is 0.223 e. The molecule has 3 aromatic heterocycles. The van der Waals surface area contributed by atoms with Crippen LogP contribution < -0.4 is 5.73 Å². The molecule has 4 aromatic rings. The molecule has 0 radical (unpaired) electrons. The zero-order chi connectivity index (χ0) is 19.8. The lowest BCUT2D eigenvalue weighted by Gasteiger charge is -2.32. The number of nitrogen functional groups attached to an aromatic ring is 1. The van der Waals surface area contributed by atoms with Gasteiger partial charge < -0.3 is 15.3 Å². The number of anilines is 1. The van der Waals surface area contributed by atoms with Crippen molar-refractivity contribution >= 4 is 11.6 Å². The minimum atomic E-state index is 0.302. The molecule has 8 heteroatoms. The number of phenols is 1. The summed E-state index contributed by atoms with van der Waals surface area (Å²) in [6.07, 6.45) is 5.48. The van der Waals surface area contributed by atoms with Crippen molar-refractivity contribution in [2.75, 3.05) is 18.8 Å². The largest absolute Gasteiger partial charge is 0.508 e. The normalized spacial score (nSPS) is 15.9. The van der Waals surface area contributed by atoms with Crippen molar-refractivity contribution in [1.29, 1.82) is 0 Å². The number of rotatable bonds is 4. The zero-order valence-electron chi connectivity index (χ0n) is 15.9. The van der Waals surface area contributed by atoms with Gasteiger partial charge in [-0.1, -0.05) is 12.1 Å². The molecule has 1 aliphatic rings. The lowest BCUT2D eigenvalue weighted by Crippen LogP contribution is -2.32. The van der Waals surface area contributed by atoms with E-state index in [1.54, 1.807) is 29.1 Å². The molecule has 0 aliphatic carbocycles. The fraction of sp³-hybridized carbons (Fsp3) is 0.286. The molecular weight excluding hydrogens is 368 g/mol. The van der Waals surface area contributed by atoms with Gasteiger partial charge in [0.05, 0.1) is 6.26 Å². The number of aromatic hydroxyl groups is 1. The molecule has 1 saturated heterocycles. The predicted molar refractivity (Wildman–Crippen MR) is 108 cm³/mol. The van der Waals surface area contributed by atoms with E-state index >= 15 is 0 Å². The number of phenolic OH excluding ortho intramolecular Hbond substituents is 1. The highest BCUT2D eigenvalue weighted by atomic mass is 16.3. The van der Waals surface area contributed by atoms with Gasteiger partial charge in [0, 0.05) is 18.3 Å². The molecule has 1 aromatic carbocycles. The SMILES string of the molecule is Nc1ncc(CN2CCC(c3cccc(O)c3)CC2)c2nc(-c3ccco3)nn12. The second kappa shape index (κ2) is 7.21. The summed E-state index contributed by atoms with van der Waals surface area (Å²) < 4.78 is 6.99. The van der Waals surface area contributed by atoms with Crippen LogP contribution in [0.15, 0.2) is 53.3 Å². The third-order valence-electron chi connectivity index (χ3n) is 5.53. The fourth-order valence-electron chi connectivity index (χ4n) is 4.00. The molecule has 0 saturated carbocycles. The van der Waals surface area contributed by atoms with Crippen molar-refractivity contribution in [1.82, 2.24) is 24.5 Å². The quantitative estimate of drug-likeness (QED) is 0.552. The summed E-state index contributed by atoms with van der Waals surface area (Å²) in [4.78, 5) is 11.3. The molecule has 1 fully saturated rings. The minimum Gasteiger partial charge on any atom is -0.508 e. The van der Waals surface area contributed by atoms with E-state index in [9.17, 15) is 5.11 Å². The lowest BCUT2D eigenvalue weighted by atomic mass is 9.89. The van der Waals surface area contributed by atoms with Gasteiger partial charge in [-0.25, -0.2) is 9.97 Å². The molecule has 8 nitrogen and oxygen atoms in total. The van der Waals surface area contributed by atoms with Gasteiger partial charge in [-0.3, -0.25) is 4.90 Å². The minimum absolute atomic E-state index is 0.302. The Morgan fingerprint density at radius 2 is 2.03 bits per heavy atom. The number of nitrogens with zero attached hydrogens (tertiary/aromatic N) is 5. The van der Waals surface area contributed by atoms with Crippen LogP contribution in [0.3, 0.4) is 0 Å². The maximum Gasteiger partial charge on any atom is 0.223 e. The summed E-state index contributed by atoms with van der Waals surface area (Å²) in [5.74, 6) is 2.21. The first-order valence-corrected chi connectivity index (χ1v) is 9.72. The summed E-state index contributed by atoms with van der Waals surface area (Å²) in [6.45, 7) is 2.67. The van der Waals surface area contributed by atoms with Gasteiger partial charge in [-0.15, -0.1) is 5.10 Å². The number of aromatic nitrogens is 4. The summed E-state index contributed by atoms with van der Waals surface area (Å²) in [5, 5.41) is 14.2. The summed E-state index contributed by atoms with van der Waals surface area (Å²) in [5.41, 5.74) is 8.91. The van der Waals surface area contributed by atoms with Crippen LogP contribution in [0.1, 0.15) is 29.9 Å². The van der Waals surface area contributed by atoms with E-state index < -0.39 is 0 Å². The van der Waals surface area contributed by atoms with Crippen LogP contribution >= 0.6 is 0 Å². The van der Waals surface area contributed by atoms with Gasteiger partial charge in [0.2, 0.25) is 11.8 Å². The molecule has 0 unspecified atom stereocenters. The first kappa shape index (κ1) is 17.7. The van der Waals surface area contributed by atoms with E-state index in [2.05, 4.69) is 26.0 Å². The Labute approximate surface area is 167 Å². The molecule has 4 heterocycles. The molecule has 0 atom stereocenters. The van der Waals surface area contributed by atoms with Gasteiger partial charge in [0.25, 0.3) is 0 Å². The number of furan rings is 1. The van der Waals surface area contributed by atoms with E-state index in [1.165, 1.54) is 5.56 Å². The van der Waals surface area contributed by atoms with Crippen LogP contribution in [0, 0.1) is 0 Å². The first-order chi connectivity index (χ1) is 14.2. The van der Waals surface area contributed by atoms with Crippen LogP contribution in [0.5, 0.6) is 5.75 Å². The standard InChI is InChI=1S/C21H22N6O2/c22-21-23-12-16(20-24-19(25-27(20)21)18-5-2-10-29-18)13-26-8-6-14(7-9-26)15-3-1-4-17(28)11-15/h1-5,10-12,14,28H,6-9,13H2,(H2,22,23). The van der Waals surface area contributed by atoms with Gasteiger partial charge >= 0.3 is 0 Å². The van der Waals surface area contributed by atoms with Crippen molar-refractivity contribution in [2.45, 2.75) is 25.3 Å². The van der Waals surface area contributed by atoms with Crippen molar-refractivity contribution in [3.8, 4) is 17.3 Å². The number of nitrogens with two attached hydrogens (primary N) is 1. The van der Waals surface area contributed by atoms with E-state index in [0.29, 0.717) is 34.8 Å². The number of hydrogen-bond acceptors (Lipinski definition) is 7. The van der Waals surface area contributed by atoms with Gasteiger partial charge in [0.15, 0.2) is 11.4 Å². The highest BCUT2D eigenvalue weighted by Crippen LogP contribution is 2.30. The molecule has 3 N–H and O–H groups in total. The predicted octanol–water partition coefficient (Wildman–Crippen LogP) is 3.05. The number of hydrogen-bond donors (Lipinski definition) is 2. The average molecular weight is 390 g/mol. The maximum absolute atomic E-state index is 9.73. The van der Waals surface area contributed by atoms with Crippen molar-refractivity contribution in [2.24, 2.45) is 0 Å². The van der Waals surface area contributed by atoms with E-state index in [0.717, 1.165) is 38.0 Å². The van der Waals surface area contributed by atoms with Crippen molar-refractivity contribution < 1.29 is 9.52 Å². The number of likely N-dealkylation sites (tertiary alicyclic amines) is 1. The van der Waals surface area contributed by atoms with Gasteiger partial charge in [-0.2, -0.15) is 4.52 Å². The molecule has 0 amide bonds. The van der Waals surface area contributed by atoms with Crippen LogP contribution in [0.4, 0.5) is 5.95 Å². The molecular formula is C21H22N6O2. The second-order valence-electron chi connectivity index (χ2n) is 7.44. The molecule has 0 spiro atoms. The third kappa shape index (κ3) is 3.42. The Morgan fingerprint density at radius 3 is 2.79 bits per heavy atom. The topological polar surface area (TPSA) is 106 Å². The highest BCUT2D eigenvalue weighted by molar-refractivity contribution is 5.57. The van der Waals surface area contributed by atoms with Crippen LogP contribution in [-0.2, 0) is 6.54 Å². The Bertz CT molecular complexity index is 1130. The summed E-state index contributed by atoms with van der Waals surface area (Å²) >= 11 is 0. The Kier molecular flexibility index (Phi) is 4.40. The zero-order valence-corrected chi connectivity index (χ0v) is 15.9. The molecule has 5 rings (SSSR count). The van der Waals surface area contributed by atoms with E-state index in [4.69, 9.17) is 10.2 Å².